The van der Waals surface area contributed by atoms with Crippen LogP contribution in [0.4, 0.5) is 11.4 Å². The molecule has 0 spiro atoms. The minimum atomic E-state index is -0.213. The zero-order valence-corrected chi connectivity index (χ0v) is 14.8. The molecule has 2 amide bonds. The highest BCUT2D eigenvalue weighted by Crippen LogP contribution is 2.20. The van der Waals surface area contributed by atoms with Crippen molar-refractivity contribution in [3.8, 4) is 0 Å². The third kappa shape index (κ3) is 5.42. The summed E-state index contributed by atoms with van der Waals surface area (Å²) in [5.74, 6) is 0.695. The summed E-state index contributed by atoms with van der Waals surface area (Å²) in [4.78, 5) is 27.9. The van der Waals surface area contributed by atoms with E-state index in [9.17, 15) is 9.59 Å². The normalized spacial score (nSPS) is 10.5. The lowest BCUT2D eigenvalue weighted by atomic mass is 10.1. The Morgan fingerprint density at radius 2 is 2.04 bits per heavy atom. The smallest absolute Gasteiger partial charge is 0.250 e. The Morgan fingerprint density at radius 3 is 2.72 bits per heavy atom. The van der Waals surface area contributed by atoms with Crippen LogP contribution in [-0.4, -0.2) is 35.1 Å². The van der Waals surface area contributed by atoms with Gasteiger partial charge in [0.2, 0.25) is 11.8 Å². The van der Waals surface area contributed by atoms with Crippen LogP contribution in [-0.2, 0) is 27.3 Å². The van der Waals surface area contributed by atoms with Gasteiger partial charge in [-0.2, -0.15) is 0 Å². The Balaban J connectivity index is 1.90. The largest absolute Gasteiger partial charge is 0.375 e. The molecule has 1 aromatic heterocycles. The molecule has 1 heterocycles. The van der Waals surface area contributed by atoms with Gasteiger partial charge in [-0.25, -0.2) is 4.98 Å². The van der Waals surface area contributed by atoms with Gasteiger partial charge < -0.3 is 19.9 Å². The average molecular weight is 344 g/mol. The molecule has 0 saturated heterocycles. The maximum Gasteiger partial charge on any atom is 0.250 e. The first kappa shape index (κ1) is 18.7. The van der Waals surface area contributed by atoms with Gasteiger partial charge in [0.15, 0.2) is 0 Å². The monoisotopic (exact) mass is 344 g/mol. The maximum atomic E-state index is 12.1. The van der Waals surface area contributed by atoms with Gasteiger partial charge in [0.25, 0.3) is 0 Å². The van der Waals surface area contributed by atoms with Crippen LogP contribution < -0.4 is 10.6 Å². The molecule has 134 valence electrons. The van der Waals surface area contributed by atoms with Crippen LogP contribution in [0.3, 0.4) is 0 Å². The number of amides is 2. The highest BCUT2D eigenvalue weighted by molar-refractivity contribution is 5.94. The number of carbonyl (C=O) groups is 2. The summed E-state index contributed by atoms with van der Waals surface area (Å²) in [6, 6.07) is 5.36. The fourth-order valence-electron chi connectivity index (χ4n) is 2.50. The second-order valence-electron chi connectivity index (χ2n) is 5.70. The molecule has 2 N–H and O–H groups in total. The number of methoxy groups -OCH3 is 1. The number of hydrogen-bond donors (Lipinski definition) is 2. The molecule has 0 bridgehead atoms. The minimum Gasteiger partial charge on any atom is -0.375 e. The second-order valence-corrected chi connectivity index (χ2v) is 5.70. The molecular formula is C18H24N4O3. The number of hydrogen-bond acceptors (Lipinski definition) is 4. The number of nitrogens with zero attached hydrogens (tertiary/aromatic N) is 2. The predicted octanol–water partition coefficient (Wildman–Crippen LogP) is 2.37. The molecule has 7 heteroatoms. The zero-order valence-electron chi connectivity index (χ0n) is 14.8. The number of rotatable bonds is 8. The van der Waals surface area contributed by atoms with Crippen molar-refractivity contribution in [2.24, 2.45) is 0 Å². The van der Waals surface area contributed by atoms with Gasteiger partial charge in [0.1, 0.15) is 12.4 Å². The lowest BCUT2D eigenvalue weighted by Crippen LogP contribution is -2.18. The third-order valence-corrected chi connectivity index (χ3v) is 3.76. The lowest BCUT2D eigenvalue weighted by molar-refractivity contribution is -0.119. The Labute approximate surface area is 147 Å². The molecule has 0 aliphatic heterocycles. The summed E-state index contributed by atoms with van der Waals surface area (Å²) in [7, 11) is 1.47. The number of imidazole rings is 1. The Kier molecular flexibility index (Phi) is 6.71. The van der Waals surface area contributed by atoms with E-state index < -0.39 is 0 Å². The predicted molar refractivity (Wildman–Crippen MR) is 96.5 cm³/mol. The highest BCUT2D eigenvalue weighted by Gasteiger charge is 2.08. The van der Waals surface area contributed by atoms with Crippen molar-refractivity contribution in [2.45, 2.75) is 33.2 Å². The molecule has 1 aromatic carbocycles. The van der Waals surface area contributed by atoms with E-state index in [0.717, 1.165) is 17.8 Å². The Hall–Kier alpha value is -2.67. The zero-order chi connectivity index (χ0) is 18.2. The SMILES string of the molecule is CCc1nccn1CCC(=O)Nc1ccc(NC(=O)COC)c(C)c1. The molecule has 25 heavy (non-hydrogen) atoms. The van der Waals surface area contributed by atoms with Gasteiger partial charge in [-0.15, -0.1) is 0 Å². The van der Waals surface area contributed by atoms with Crippen LogP contribution in [0.25, 0.3) is 0 Å². The van der Waals surface area contributed by atoms with E-state index >= 15 is 0 Å². The second kappa shape index (κ2) is 8.98. The number of anilines is 2. The topological polar surface area (TPSA) is 85.3 Å². The molecule has 0 fully saturated rings. The maximum absolute atomic E-state index is 12.1. The Bertz CT molecular complexity index is 740. The Morgan fingerprint density at radius 1 is 1.24 bits per heavy atom. The van der Waals surface area contributed by atoms with Gasteiger partial charge >= 0.3 is 0 Å². The van der Waals surface area contributed by atoms with Crippen LogP contribution in [0, 0.1) is 6.92 Å². The van der Waals surface area contributed by atoms with E-state index in [1.54, 1.807) is 18.3 Å². The lowest BCUT2D eigenvalue weighted by Gasteiger charge is -2.11. The van der Waals surface area contributed by atoms with Crippen LogP contribution in [0.15, 0.2) is 30.6 Å². The number of benzene rings is 1. The molecule has 7 nitrogen and oxygen atoms in total. The van der Waals surface area contributed by atoms with Gasteiger partial charge in [-0.1, -0.05) is 6.92 Å². The number of carbonyl (C=O) groups excluding carboxylic acids is 2. The van der Waals surface area contributed by atoms with E-state index in [2.05, 4.69) is 15.6 Å². The molecule has 0 atom stereocenters. The molecule has 0 radical (unpaired) electrons. The summed E-state index contributed by atoms with van der Waals surface area (Å²) in [6.07, 6.45) is 4.84. The van der Waals surface area contributed by atoms with E-state index in [1.807, 2.05) is 30.7 Å². The average Bonchev–Trinajstić information content (AvgIpc) is 3.03. The highest BCUT2D eigenvalue weighted by atomic mass is 16.5. The first-order valence-corrected chi connectivity index (χ1v) is 8.22. The molecule has 0 unspecified atom stereocenters. The number of ether oxygens (including phenoxy) is 1. The summed E-state index contributed by atoms with van der Waals surface area (Å²) in [6.45, 7) is 4.51. The molecule has 0 aliphatic carbocycles. The first-order chi connectivity index (χ1) is 12.0. The van der Waals surface area contributed by atoms with Gasteiger partial charge in [-0.05, 0) is 30.7 Å². The summed E-state index contributed by atoms with van der Waals surface area (Å²) in [5, 5.41) is 5.64. The van der Waals surface area contributed by atoms with Gasteiger partial charge in [-0.3, -0.25) is 9.59 Å². The van der Waals surface area contributed by atoms with E-state index in [-0.39, 0.29) is 18.4 Å². The fourth-order valence-corrected chi connectivity index (χ4v) is 2.50. The minimum absolute atomic E-state index is 0.00588. The van der Waals surface area contributed by atoms with Crippen molar-refractivity contribution in [3.63, 3.8) is 0 Å². The standard InChI is InChI=1S/C18H24N4O3/c1-4-16-19-8-10-22(16)9-7-17(23)20-14-5-6-15(13(2)11-14)21-18(24)12-25-3/h5-6,8,10-11H,4,7,9,12H2,1-3H3,(H,20,23)(H,21,24). The summed E-state index contributed by atoms with van der Waals surface area (Å²) < 4.78 is 6.78. The number of nitrogens with one attached hydrogen (secondary N) is 2. The molecular weight excluding hydrogens is 320 g/mol. The summed E-state index contributed by atoms with van der Waals surface area (Å²) in [5.41, 5.74) is 2.27. The van der Waals surface area contributed by atoms with Crippen LogP contribution >= 0.6 is 0 Å². The third-order valence-electron chi connectivity index (χ3n) is 3.76. The quantitative estimate of drug-likeness (QED) is 0.770. The van der Waals surface area contributed by atoms with Crippen molar-refractivity contribution in [3.05, 3.63) is 42.0 Å². The molecule has 2 aromatic rings. The summed E-state index contributed by atoms with van der Waals surface area (Å²) >= 11 is 0. The van der Waals surface area contributed by atoms with Crippen molar-refractivity contribution >= 4 is 23.2 Å². The van der Waals surface area contributed by atoms with Crippen molar-refractivity contribution in [1.29, 1.82) is 0 Å². The molecule has 0 aliphatic rings. The van der Waals surface area contributed by atoms with E-state index in [1.165, 1.54) is 7.11 Å². The van der Waals surface area contributed by atoms with E-state index in [0.29, 0.717) is 24.3 Å². The fraction of sp³-hybridized carbons (Fsp3) is 0.389. The van der Waals surface area contributed by atoms with Gasteiger partial charge in [0, 0.05) is 50.3 Å². The number of aromatic nitrogens is 2. The van der Waals surface area contributed by atoms with Crippen molar-refractivity contribution in [1.82, 2.24) is 9.55 Å². The van der Waals surface area contributed by atoms with E-state index in [4.69, 9.17) is 4.74 Å². The van der Waals surface area contributed by atoms with Crippen molar-refractivity contribution in [2.75, 3.05) is 24.4 Å². The van der Waals surface area contributed by atoms with Crippen LogP contribution in [0.5, 0.6) is 0 Å². The molecule has 2 rings (SSSR count). The van der Waals surface area contributed by atoms with Crippen LogP contribution in [0.1, 0.15) is 24.7 Å². The van der Waals surface area contributed by atoms with Crippen molar-refractivity contribution < 1.29 is 14.3 Å². The molecule has 0 saturated carbocycles. The van der Waals surface area contributed by atoms with Crippen LogP contribution in [0.2, 0.25) is 0 Å². The van der Waals surface area contributed by atoms with Gasteiger partial charge in [0.05, 0.1) is 0 Å². The first-order valence-electron chi connectivity index (χ1n) is 8.22. The number of aryl methyl sites for hydroxylation is 3.